The molecule has 0 atom stereocenters. The Labute approximate surface area is 396 Å². The first-order valence-corrected chi connectivity index (χ1v) is 22.0. The van der Waals surface area contributed by atoms with Gasteiger partial charge in [0.25, 0.3) is 0 Å². The molecule has 0 saturated carbocycles. The van der Waals surface area contributed by atoms with Gasteiger partial charge < -0.3 is 9.67 Å². The zero-order chi connectivity index (χ0) is 44.2. The molecule has 0 saturated heterocycles. The van der Waals surface area contributed by atoms with Crippen molar-refractivity contribution in [2.75, 3.05) is 0 Å². The molecule has 0 unspecified atom stereocenters. The number of benzene rings is 7. The van der Waals surface area contributed by atoms with Gasteiger partial charge in [0.2, 0.25) is 0 Å². The Hall–Kier alpha value is -6.87. The van der Waals surface area contributed by atoms with Crippen LogP contribution >= 0.6 is 0 Å². The standard InChI is InChI=1S/C60H50N3O.Pt/c1-59(2,3)47-31-45(32-48(38-47)60(4,5)6)46-36-54(62-55(37-46)51-23-11-13-25-58(51)64)44-20-14-19-43(30-44)53-35-42(28-29-61-53)41-26-27-57-52(34-41)50-22-10-12-24-56(50)63(57)49-21-15-18-40(33-49)39-16-8-7-9-17-39;/h7-29,31-38,64H,1-6H3;/q-1;. The van der Waals surface area contributed by atoms with Crippen LogP contribution in [0, 0.1) is 6.07 Å². The van der Waals surface area contributed by atoms with Crippen LogP contribution in [0.25, 0.3) is 94.6 Å². The fourth-order valence-corrected chi connectivity index (χ4v) is 8.73. The van der Waals surface area contributed by atoms with Crippen LogP contribution in [0.4, 0.5) is 0 Å². The van der Waals surface area contributed by atoms with E-state index >= 15 is 0 Å². The average Bonchev–Trinajstić information content (AvgIpc) is 3.65. The number of phenolic OH excluding ortho intramolecular Hbond substituents is 1. The number of hydrogen-bond acceptors (Lipinski definition) is 3. The zero-order valence-corrected chi connectivity index (χ0v) is 39.8. The van der Waals surface area contributed by atoms with Crippen LogP contribution in [-0.2, 0) is 31.9 Å². The Morgan fingerprint density at radius 3 is 1.78 bits per heavy atom. The molecule has 0 radical (unpaired) electrons. The molecule has 7 aromatic carbocycles. The number of fused-ring (bicyclic) bond motifs is 3. The summed E-state index contributed by atoms with van der Waals surface area (Å²) in [5, 5.41) is 13.5. The SMILES string of the molecule is CC(C)(C)c1cc(-c2cc(-c3[c-]c(-c4cc(-c5ccc6c(c5)c5ccccc5n6-c5cccc(-c6ccccc6)c5)ccn4)ccc3)nc(-c3ccccc3O)c2)cc(C(C)(C)C)c1.[Pt]. The second kappa shape index (κ2) is 17.3. The van der Waals surface area contributed by atoms with E-state index in [9.17, 15) is 5.11 Å². The third kappa shape index (κ3) is 8.59. The number of para-hydroxylation sites is 2. The van der Waals surface area contributed by atoms with E-state index in [1.54, 1.807) is 6.07 Å². The van der Waals surface area contributed by atoms with E-state index in [4.69, 9.17) is 9.97 Å². The third-order valence-corrected chi connectivity index (χ3v) is 12.3. The van der Waals surface area contributed by atoms with Gasteiger partial charge in [-0.2, -0.15) is 0 Å². The summed E-state index contributed by atoms with van der Waals surface area (Å²) < 4.78 is 2.37. The van der Waals surface area contributed by atoms with Crippen molar-refractivity contribution in [1.82, 2.24) is 14.5 Å². The summed E-state index contributed by atoms with van der Waals surface area (Å²) in [5.74, 6) is 0.190. The minimum Gasteiger partial charge on any atom is -0.507 e. The number of aromatic nitrogens is 3. The molecule has 0 bridgehead atoms. The number of pyridine rings is 2. The van der Waals surface area contributed by atoms with E-state index in [-0.39, 0.29) is 37.6 Å². The summed E-state index contributed by atoms with van der Waals surface area (Å²) in [6.45, 7) is 13.6. The Morgan fingerprint density at radius 1 is 0.446 bits per heavy atom. The van der Waals surface area contributed by atoms with Crippen LogP contribution in [0.3, 0.4) is 0 Å². The second-order valence-corrected chi connectivity index (χ2v) is 18.9. The van der Waals surface area contributed by atoms with Crippen molar-refractivity contribution >= 4 is 21.8 Å². The number of aromatic hydroxyl groups is 1. The molecule has 3 aromatic heterocycles. The smallest absolute Gasteiger partial charge is 0.124 e. The molecular weight excluding hydrogens is 974 g/mol. The largest absolute Gasteiger partial charge is 0.507 e. The number of rotatable bonds is 7. The Kier molecular flexibility index (Phi) is 11.5. The van der Waals surface area contributed by atoms with E-state index in [1.165, 1.54) is 38.5 Å². The molecule has 1 N–H and O–H groups in total. The molecule has 0 aliphatic carbocycles. The summed E-state index contributed by atoms with van der Waals surface area (Å²) in [6, 6.07) is 67.5. The third-order valence-electron chi connectivity index (χ3n) is 12.3. The molecule has 0 fully saturated rings. The van der Waals surface area contributed by atoms with Crippen LogP contribution in [0.1, 0.15) is 52.7 Å². The molecular formula is C60H50N3OPt-. The molecule has 322 valence electrons. The van der Waals surface area contributed by atoms with E-state index < -0.39 is 0 Å². The normalized spacial score (nSPS) is 11.8. The Bertz CT molecular complexity index is 3340. The van der Waals surface area contributed by atoms with Gasteiger partial charge in [-0.25, -0.2) is 0 Å². The molecule has 10 aromatic rings. The van der Waals surface area contributed by atoms with Gasteiger partial charge in [-0.15, -0.1) is 24.3 Å². The Morgan fingerprint density at radius 2 is 1.03 bits per heavy atom. The summed E-state index contributed by atoms with van der Waals surface area (Å²) in [4.78, 5) is 10.1. The van der Waals surface area contributed by atoms with Gasteiger partial charge in [-0.3, -0.25) is 9.97 Å². The van der Waals surface area contributed by atoms with Crippen LogP contribution in [-0.4, -0.2) is 19.6 Å². The molecule has 0 aliphatic heterocycles. The number of nitrogens with zero attached hydrogens (tertiary/aromatic N) is 3. The molecule has 5 heteroatoms. The summed E-state index contributed by atoms with van der Waals surface area (Å²) in [6.07, 6.45) is 1.89. The van der Waals surface area contributed by atoms with Crippen LogP contribution in [0.2, 0.25) is 0 Å². The van der Waals surface area contributed by atoms with Gasteiger partial charge in [0.1, 0.15) is 5.75 Å². The summed E-state index contributed by atoms with van der Waals surface area (Å²) in [5.41, 5.74) is 17.3. The fraction of sp³-hybridized carbons (Fsp3) is 0.133. The van der Waals surface area contributed by atoms with Crippen molar-refractivity contribution < 1.29 is 26.2 Å². The van der Waals surface area contributed by atoms with Crippen LogP contribution in [0.15, 0.2) is 188 Å². The van der Waals surface area contributed by atoms with Crippen LogP contribution in [0.5, 0.6) is 5.75 Å². The van der Waals surface area contributed by atoms with E-state index in [0.29, 0.717) is 11.3 Å². The van der Waals surface area contributed by atoms with Gasteiger partial charge in [0, 0.05) is 60.7 Å². The Balaban J connectivity index is 0.00000533. The predicted octanol–water partition coefficient (Wildman–Crippen LogP) is 15.7. The van der Waals surface area contributed by atoms with Gasteiger partial charge >= 0.3 is 0 Å². The minimum atomic E-state index is -0.0456. The fourth-order valence-electron chi connectivity index (χ4n) is 8.73. The quantitative estimate of drug-likeness (QED) is 0.162. The van der Waals surface area contributed by atoms with Gasteiger partial charge in [-0.05, 0) is 110 Å². The molecule has 4 nitrogen and oxygen atoms in total. The predicted molar refractivity (Wildman–Crippen MR) is 267 cm³/mol. The topological polar surface area (TPSA) is 50.9 Å². The number of phenols is 1. The monoisotopic (exact) mass is 1020 g/mol. The molecule has 3 heterocycles. The minimum absolute atomic E-state index is 0. The molecule has 0 spiro atoms. The van der Waals surface area contributed by atoms with Gasteiger partial charge in [0.15, 0.2) is 0 Å². The number of hydrogen-bond donors (Lipinski definition) is 1. The van der Waals surface area contributed by atoms with Gasteiger partial charge in [0.05, 0.1) is 16.7 Å². The molecule has 10 rings (SSSR count). The van der Waals surface area contributed by atoms with Crippen molar-refractivity contribution in [3.05, 3.63) is 205 Å². The zero-order valence-electron chi connectivity index (χ0n) is 37.5. The van der Waals surface area contributed by atoms with Crippen molar-refractivity contribution in [1.29, 1.82) is 0 Å². The maximum absolute atomic E-state index is 11.1. The van der Waals surface area contributed by atoms with E-state index in [1.807, 2.05) is 24.4 Å². The maximum Gasteiger partial charge on any atom is 0.124 e. The maximum atomic E-state index is 11.1. The van der Waals surface area contributed by atoms with Crippen molar-refractivity contribution in [3.8, 4) is 78.6 Å². The summed E-state index contributed by atoms with van der Waals surface area (Å²) >= 11 is 0. The second-order valence-electron chi connectivity index (χ2n) is 18.9. The average molecular weight is 1020 g/mol. The van der Waals surface area contributed by atoms with Crippen molar-refractivity contribution in [2.24, 2.45) is 0 Å². The van der Waals surface area contributed by atoms with E-state index in [0.717, 1.165) is 56.0 Å². The van der Waals surface area contributed by atoms with Gasteiger partial charge in [-0.1, -0.05) is 162 Å². The first-order valence-electron chi connectivity index (χ1n) is 22.0. The first kappa shape index (κ1) is 43.4. The first-order chi connectivity index (χ1) is 30.9. The summed E-state index contributed by atoms with van der Waals surface area (Å²) in [7, 11) is 0. The molecule has 0 aliphatic rings. The van der Waals surface area contributed by atoms with Crippen molar-refractivity contribution in [3.63, 3.8) is 0 Å². The van der Waals surface area contributed by atoms with E-state index in [2.05, 4.69) is 210 Å². The van der Waals surface area contributed by atoms with Crippen LogP contribution < -0.4 is 0 Å². The molecule has 65 heavy (non-hydrogen) atoms. The van der Waals surface area contributed by atoms with Crippen molar-refractivity contribution in [2.45, 2.75) is 52.4 Å². The molecule has 0 amide bonds.